The van der Waals surface area contributed by atoms with Gasteiger partial charge in [-0.05, 0) is 32.0 Å². The Kier molecular flexibility index (Phi) is 3.06. The van der Waals surface area contributed by atoms with E-state index in [-0.39, 0.29) is 0 Å². The molecule has 20 heavy (non-hydrogen) atoms. The van der Waals surface area contributed by atoms with Crippen LogP contribution in [0.25, 0.3) is 22.2 Å². The number of fused-ring (bicyclic) bond motifs is 1. The standard InChI is InChI=1S/C16H15N3O/c1-10-4-5-13-12(15-11(2)17-8-9-18-15)6-7-14(20-3)16(13)19-10/h4-9H,1-3H3. The van der Waals surface area contributed by atoms with Gasteiger partial charge in [0.15, 0.2) is 0 Å². The van der Waals surface area contributed by atoms with Crippen molar-refractivity contribution in [2.45, 2.75) is 13.8 Å². The number of methoxy groups -OCH3 is 1. The minimum atomic E-state index is 0.772. The molecule has 2 heterocycles. The van der Waals surface area contributed by atoms with Crippen molar-refractivity contribution in [1.29, 1.82) is 0 Å². The molecule has 0 aliphatic rings. The molecule has 3 rings (SSSR count). The fourth-order valence-electron chi connectivity index (χ4n) is 2.33. The number of rotatable bonds is 2. The number of ether oxygens (including phenoxy) is 1. The fraction of sp³-hybridized carbons (Fsp3) is 0.188. The lowest BCUT2D eigenvalue weighted by atomic mass is 10.0. The highest BCUT2D eigenvalue weighted by atomic mass is 16.5. The van der Waals surface area contributed by atoms with Gasteiger partial charge in [-0.3, -0.25) is 9.97 Å². The molecular weight excluding hydrogens is 250 g/mol. The zero-order valence-corrected chi connectivity index (χ0v) is 11.7. The lowest BCUT2D eigenvalue weighted by Crippen LogP contribution is -1.95. The highest BCUT2D eigenvalue weighted by Gasteiger charge is 2.12. The average molecular weight is 265 g/mol. The Balaban J connectivity index is 2.36. The van der Waals surface area contributed by atoms with E-state index in [0.717, 1.165) is 39.3 Å². The van der Waals surface area contributed by atoms with Crippen molar-refractivity contribution in [3.63, 3.8) is 0 Å². The minimum absolute atomic E-state index is 0.772. The molecule has 4 nitrogen and oxygen atoms in total. The van der Waals surface area contributed by atoms with Crippen molar-refractivity contribution >= 4 is 10.9 Å². The molecule has 0 fully saturated rings. The molecule has 0 aliphatic heterocycles. The maximum absolute atomic E-state index is 5.41. The molecule has 0 aliphatic carbocycles. The molecule has 2 aromatic heterocycles. The summed E-state index contributed by atoms with van der Waals surface area (Å²) in [5.41, 5.74) is 4.63. The summed E-state index contributed by atoms with van der Waals surface area (Å²) in [6, 6.07) is 7.99. The Bertz CT molecular complexity index is 784. The molecule has 1 aromatic carbocycles. The monoisotopic (exact) mass is 265 g/mol. The topological polar surface area (TPSA) is 47.9 Å². The Labute approximate surface area is 117 Å². The minimum Gasteiger partial charge on any atom is -0.494 e. The van der Waals surface area contributed by atoms with Crippen LogP contribution in [-0.2, 0) is 0 Å². The molecule has 0 saturated carbocycles. The molecule has 4 heteroatoms. The highest BCUT2D eigenvalue weighted by molar-refractivity contribution is 5.97. The summed E-state index contributed by atoms with van der Waals surface area (Å²) in [6.07, 6.45) is 3.41. The number of benzene rings is 1. The van der Waals surface area contributed by atoms with E-state index in [2.05, 4.69) is 21.0 Å². The fourth-order valence-corrected chi connectivity index (χ4v) is 2.33. The molecule has 100 valence electrons. The summed E-state index contributed by atoms with van der Waals surface area (Å²) >= 11 is 0. The van der Waals surface area contributed by atoms with E-state index < -0.39 is 0 Å². The van der Waals surface area contributed by atoms with Crippen LogP contribution in [0.2, 0.25) is 0 Å². The molecule has 0 unspecified atom stereocenters. The second-order valence-corrected chi connectivity index (χ2v) is 4.65. The summed E-state index contributed by atoms with van der Waals surface area (Å²) in [6.45, 7) is 3.93. The van der Waals surface area contributed by atoms with Gasteiger partial charge in [-0.15, -0.1) is 0 Å². The zero-order valence-electron chi connectivity index (χ0n) is 11.7. The van der Waals surface area contributed by atoms with Gasteiger partial charge in [0.1, 0.15) is 11.3 Å². The van der Waals surface area contributed by atoms with E-state index in [4.69, 9.17) is 4.74 Å². The van der Waals surface area contributed by atoms with Crippen LogP contribution in [0.1, 0.15) is 11.4 Å². The number of hydrogen-bond donors (Lipinski definition) is 0. The first kappa shape index (κ1) is 12.5. The SMILES string of the molecule is COc1ccc(-c2nccnc2C)c2ccc(C)nc12. The van der Waals surface area contributed by atoms with E-state index in [1.54, 1.807) is 19.5 Å². The van der Waals surface area contributed by atoms with Crippen molar-refractivity contribution in [2.24, 2.45) is 0 Å². The van der Waals surface area contributed by atoms with Crippen LogP contribution >= 0.6 is 0 Å². The molecule has 0 radical (unpaired) electrons. The maximum atomic E-state index is 5.41. The average Bonchev–Trinajstić information content (AvgIpc) is 2.46. The molecule has 0 bridgehead atoms. The van der Waals surface area contributed by atoms with Crippen molar-refractivity contribution in [3.05, 3.63) is 48.0 Å². The molecule has 0 amide bonds. The van der Waals surface area contributed by atoms with Crippen molar-refractivity contribution < 1.29 is 4.74 Å². The Morgan fingerprint density at radius 1 is 0.950 bits per heavy atom. The normalized spacial score (nSPS) is 10.8. The van der Waals surface area contributed by atoms with Gasteiger partial charge < -0.3 is 4.74 Å². The number of hydrogen-bond acceptors (Lipinski definition) is 4. The second-order valence-electron chi connectivity index (χ2n) is 4.65. The van der Waals surface area contributed by atoms with Crippen LogP contribution in [-0.4, -0.2) is 22.1 Å². The molecular formula is C16H15N3O. The summed E-state index contributed by atoms with van der Waals surface area (Å²) in [7, 11) is 1.66. The number of aryl methyl sites for hydroxylation is 2. The largest absolute Gasteiger partial charge is 0.494 e. The number of pyridine rings is 1. The Morgan fingerprint density at radius 3 is 2.50 bits per heavy atom. The van der Waals surface area contributed by atoms with E-state index in [1.165, 1.54) is 0 Å². The van der Waals surface area contributed by atoms with E-state index in [9.17, 15) is 0 Å². The van der Waals surface area contributed by atoms with Gasteiger partial charge in [-0.2, -0.15) is 0 Å². The molecule has 0 saturated heterocycles. The lowest BCUT2D eigenvalue weighted by Gasteiger charge is -2.11. The first-order valence-corrected chi connectivity index (χ1v) is 6.43. The van der Waals surface area contributed by atoms with Crippen molar-refractivity contribution in [3.8, 4) is 17.0 Å². The predicted octanol–water partition coefficient (Wildman–Crippen LogP) is 3.32. The lowest BCUT2D eigenvalue weighted by molar-refractivity contribution is 0.419. The second kappa shape index (κ2) is 4.89. The van der Waals surface area contributed by atoms with E-state index in [1.807, 2.05) is 32.0 Å². The number of aromatic nitrogens is 3. The van der Waals surface area contributed by atoms with Crippen LogP contribution in [0.15, 0.2) is 36.7 Å². The van der Waals surface area contributed by atoms with Crippen LogP contribution in [0, 0.1) is 13.8 Å². The zero-order chi connectivity index (χ0) is 14.1. The summed E-state index contributed by atoms with van der Waals surface area (Å²) < 4.78 is 5.41. The van der Waals surface area contributed by atoms with E-state index in [0.29, 0.717) is 0 Å². The quantitative estimate of drug-likeness (QED) is 0.713. The van der Waals surface area contributed by atoms with Gasteiger partial charge in [-0.1, -0.05) is 6.07 Å². The maximum Gasteiger partial charge on any atom is 0.145 e. The van der Waals surface area contributed by atoms with Gasteiger partial charge in [0, 0.05) is 29.0 Å². The smallest absolute Gasteiger partial charge is 0.145 e. The molecule has 3 aromatic rings. The van der Waals surface area contributed by atoms with Gasteiger partial charge in [0.05, 0.1) is 18.5 Å². The Hall–Kier alpha value is -2.49. The first-order chi connectivity index (χ1) is 9.70. The summed E-state index contributed by atoms with van der Waals surface area (Å²) in [4.78, 5) is 13.3. The third-order valence-electron chi connectivity index (χ3n) is 3.32. The van der Waals surface area contributed by atoms with Crippen LogP contribution < -0.4 is 4.74 Å². The van der Waals surface area contributed by atoms with E-state index >= 15 is 0 Å². The summed E-state index contributed by atoms with van der Waals surface area (Å²) in [5.74, 6) is 0.772. The highest BCUT2D eigenvalue weighted by Crippen LogP contribution is 2.33. The van der Waals surface area contributed by atoms with Crippen LogP contribution in [0.4, 0.5) is 0 Å². The van der Waals surface area contributed by atoms with Gasteiger partial charge in [-0.25, -0.2) is 4.98 Å². The third-order valence-corrected chi connectivity index (χ3v) is 3.32. The van der Waals surface area contributed by atoms with Gasteiger partial charge >= 0.3 is 0 Å². The van der Waals surface area contributed by atoms with Crippen molar-refractivity contribution in [2.75, 3.05) is 7.11 Å². The molecule has 0 atom stereocenters. The molecule has 0 N–H and O–H groups in total. The molecule has 0 spiro atoms. The van der Waals surface area contributed by atoms with Gasteiger partial charge in [0.2, 0.25) is 0 Å². The van der Waals surface area contributed by atoms with Crippen LogP contribution in [0.5, 0.6) is 5.75 Å². The first-order valence-electron chi connectivity index (χ1n) is 6.43. The summed E-state index contributed by atoms with van der Waals surface area (Å²) in [5, 5.41) is 1.03. The predicted molar refractivity (Wildman–Crippen MR) is 78.8 cm³/mol. The van der Waals surface area contributed by atoms with Crippen molar-refractivity contribution in [1.82, 2.24) is 15.0 Å². The number of nitrogens with zero attached hydrogens (tertiary/aromatic N) is 3. The third kappa shape index (κ3) is 1.99. The van der Waals surface area contributed by atoms with Gasteiger partial charge in [0.25, 0.3) is 0 Å². The Morgan fingerprint density at radius 2 is 1.75 bits per heavy atom. The van der Waals surface area contributed by atoms with Crippen LogP contribution in [0.3, 0.4) is 0 Å².